The van der Waals surface area contributed by atoms with Gasteiger partial charge in [-0.1, -0.05) is 6.92 Å². The maximum Gasteiger partial charge on any atom is 0.231 e. The van der Waals surface area contributed by atoms with Crippen LogP contribution in [0.5, 0.6) is 11.5 Å². The van der Waals surface area contributed by atoms with Crippen LogP contribution in [0.2, 0.25) is 0 Å². The predicted molar refractivity (Wildman–Crippen MR) is 60.5 cm³/mol. The quantitative estimate of drug-likeness (QED) is 0.900. The van der Waals surface area contributed by atoms with Crippen LogP contribution < -0.4 is 9.47 Å². The van der Waals surface area contributed by atoms with Crippen LogP contribution in [0.15, 0.2) is 10.5 Å². The second-order valence-electron chi connectivity index (χ2n) is 3.74. The van der Waals surface area contributed by atoms with Crippen molar-refractivity contribution in [3.8, 4) is 11.5 Å². The first kappa shape index (κ1) is 10.8. The van der Waals surface area contributed by atoms with Gasteiger partial charge in [-0.3, -0.25) is 0 Å². The lowest BCUT2D eigenvalue weighted by atomic mass is 9.96. The zero-order chi connectivity index (χ0) is 11.0. The van der Waals surface area contributed by atoms with Crippen molar-refractivity contribution in [3.05, 3.63) is 21.7 Å². The molecule has 0 amide bonds. The van der Waals surface area contributed by atoms with Crippen molar-refractivity contribution < 1.29 is 14.6 Å². The molecule has 15 heavy (non-hydrogen) atoms. The Balaban J connectivity index is 2.56. The molecule has 1 aromatic rings. The van der Waals surface area contributed by atoms with E-state index in [0.29, 0.717) is 0 Å². The van der Waals surface area contributed by atoms with E-state index in [1.165, 1.54) is 0 Å². The van der Waals surface area contributed by atoms with E-state index in [0.717, 1.165) is 27.1 Å². The molecule has 1 heterocycles. The minimum Gasteiger partial charge on any atom is -0.454 e. The predicted octanol–water partition coefficient (Wildman–Crippen LogP) is 2.58. The standard InChI is InChI=1S/C11H13BrO3/c1-6-3-8-11(15-5-14-8)10(12)9(6)7(2)4-13/h3,7,13H,4-5H2,1-2H3. The number of benzene rings is 1. The van der Waals surface area contributed by atoms with Crippen LogP contribution in [-0.4, -0.2) is 18.5 Å². The Kier molecular flexibility index (Phi) is 2.89. The molecule has 0 aliphatic carbocycles. The number of hydrogen-bond acceptors (Lipinski definition) is 3. The zero-order valence-electron chi connectivity index (χ0n) is 8.71. The molecule has 82 valence electrons. The van der Waals surface area contributed by atoms with E-state index < -0.39 is 0 Å². The van der Waals surface area contributed by atoms with Crippen molar-refractivity contribution in [1.29, 1.82) is 0 Å². The maximum atomic E-state index is 9.19. The fourth-order valence-electron chi connectivity index (χ4n) is 1.83. The molecule has 0 saturated carbocycles. The van der Waals surface area contributed by atoms with Crippen LogP contribution in [-0.2, 0) is 0 Å². The van der Waals surface area contributed by atoms with Crippen molar-refractivity contribution in [2.24, 2.45) is 0 Å². The van der Waals surface area contributed by atoms with Crippen LogP contribution in [0.3, 0.4) is 0 Å². The van der Waals surface area contributed by atoms with Gasteiger partial charge in [-0.05, 0) is 40.0 Å². The third kappa shape index (κ3) is 1.72. The monoisotopic (exact) mass is 272 g/mol. The van der Waals surface area contributed by atoms with Crippen LogP contribution in [0, 0.1) is 6.92 Å². The average molecular weight is 273 g/mol. The summed E-state index contributed by atoms with van der Waals surface area (Å²) >= 11 is 3.51. The fourth-order valence-corrected chi connectivity index (χ4v) is 2.85. The molecule has 0 spiro atoms. The van der Waals surface area contributed by atoms with Crippen molar-refractivity contribution >= 4 is 15.9 Å². The minimum atomic E-state index is 0.0916. The highest BCUT2D eigenvalue weighted by Gasteiger charge is 2.23. The van der Waals surface area contributed by atoms with Gasteiger partial charge in [-0.2, -0.15) is 0 Å². The highest BCUT2D eigenvalue weighted by atomic mass is 79.9. The summed E-state index contributed by atoms with van der Waals surface area (Å²) in [4.78, 5) is 0. The lowest BCUT2D eigenvalue weighted by molar-refractivity contribution is 0.173. The normalized spacial score (nSPS) is 15.5. The van der Waals surface area contributed by atoms with Gasteiger partial charge in [0.15, 0.2) is 11.5 Å². The minimum absolute atomic E-state index is 0.0916. The summed E-state index contributed by atoms with van der Waals surface area (Å²) < 4.78 is 11.6. The fraction of sp³-hybridized carbons (Fsp3) is 0.455. The van der Waals surface area contributed by atoms with Gasteiger partial charge in [0.05, 0.1) is 4.47 Å². The SMILES string of the molecule is Cc1cc2c(c(Br)c1C(C)CO)OCO2. The molecule has 4 heteroatoms. The van der Waals surface area contributed by atoms with Gasteiger partial charge in [0.25, 0.3) is 0 Å². The molecule has 3 nitrogen and oxygen atoms in total. The Labute approximate surface area is 97.1 Å². The van der Waals surface area contributed by atoms with Gasteiger partial charge in [0.2, 0.25) is 6.79 Å². The van der Waals surface area contributed by atoms with E-state index in [1.54, 1.807) is 0 Å². The summed E-state index contributed by atoms with van der Waals surface area (Å²) in [6.45, 7) is 4.38. The Hall–Kier alpha value is -0.740. The molecule has 0 radical (unpaired) electrons. The number of rotatable bonds is 2. The van der Waals surface area contributed by atoms with Gasteiger partial charge in [-0.15, -0.1) is 0 Å². The number of hydrogen-bond donors (Lipinski definition) is 1. The van der Waals surface area contributed by atoms with E-state index >= 15 is 0 Å². The molecule has 0 bridgehead atoms. The number of aliphatic hydroxyl groups is 1. The summed E-state index contributed by atoms with van der Waals surface area (Å²) in [5.41, 5.74) is 2.19. The lowest BCUT2D eigenvalue weighted by Gasteiger charge is -2.15. The number of aryl methyl sites for hydroxylation is 1. The molecule has 1 N–H and O–H groups in total. The summed E-state index contributed by atoms with van der Waals surface area (Å²) in [6.07, 6.45) is 0. The number of aliphatic hydroxyl groups excluding tert-OH is 1. The van der Waals surface area contributed by atoms with Gasteiger partial charge < -0.3 is 14.6 Å². The first-order chi connectivity index (χ1) is 7.15. The Morgan fingerprint density at radius 3 is 2.93 bits per heavy atom. The molecule has 1 aliphatic heterocycles. The zero-order valence-corrected chi connectivity index (χ0v) is 10.3. The molecule has 1 atom stereocenters. The Morgan fingerprint density at radius 2 is 2.27 bits per heavy atom. The number of ether oxygens (including phenoxy) is 2. The molecule has 1 aliphatic rings. The van der Waals surface area contributed by atoms with Crippen LogP contribution in [0.25, 0.3) is 0 Å². The smallest absolute Gasteiger partial charge is 0.231 e. The molecular formula is C11H13BrO3. The molecule has 0 saturated heterocycles. The van der Waals surface area contributed by atoms with E-state index in [9.17, 15) is 5.11 Å². The van der Waals surface area contributed by atoms with E-state index in [4.69, 9.17) is 9.47 Å². The van der Waals surface area contributed by atoms with E-state index in [-0.39, 0.29) is 19.3 Å². The van der Waals surface area contributed by atoms with Gasteiger partial charge in [0.1, 0.15) is 0 Å². The topological polar surface area (TPSA) is 38.7 Å². The van der Waals surface area contributed by atoms with Crippen LogP contribution in [0.4, 0.5) is 0 Å². The third-order valence-electron chi connectivity index (χ3n) is 2.62. The highest BCUT2D eigenvalue weighted by molar-refractivity contribution is 9.10. The summed E-state index contributed by atoms with van der Waals surface area (Å²) in [5.74, 6) is 1.61. The molecular weight excluding hydrogens is 260 g/mol. The molecule has 0 fully saturated rings. The molecule has 1 unspecified atom stereocenters. The Morgan fingerprint density at radius 1 is 1.53 bits per heavy atom. The van der Waals surface area contributed by atoms with Gasteiger partial charge >= 0.3 is 0 Å². The van der Waals surface area contributed by atoms with Crippen molar-refractivity contribution in [2.75, 3.05) is 13.4 Å². The van der Waals surface area contributed by atoms with E-state index in [1.807, 2.05) is 19.9 Å². The number of halogens is 1. The van der Waals surface area contributed by atoms with Gasteiger partial charge in [0, 0.05) is 12.5 Å². The third-order valence-corrected chi connectivity index (χ3v) is 3.40. The summed E-state index contributed by atoms with van der Waals surface area (Å²) in [6, 6.07) is 1.95. The second kappa shape index (κ2) is 4.02. The highest BCUT2D eigenvalue weighted by Crippen LogP contribution is 2.44. The largest absolute Gasteiger partial charge is 0.454 e. The first-order valence-electron chi connectivity index (χ1n) is 4.84. The van der Waals surface area contributed by atoms with E-state index in [2.05, 4.69) is 15.9 Å². The summed E-state index contributed by atoms with van der Waals surface area (Å²) in [5, 5.41) is 9.19. The first-order valence-corrected chi connectivity index (χ1v) is 5.64. The van der Waals surface area contributed by atoms with Crippen LogP contribution in [0.1, 0.15) is 24.0 Å². The average Bonchev–Trinajstić information content (AvgIpc) is 2.65. The molecule has 0 aromatic heterocycles. The molecule has 1 aromatic carbocycles. The summed E-state index contributed by atoms with van der Waals surface area (Å²) in [7, 11) is 0. The Bertz CT molecular complexity index is 390. The molecule has 2 rings (SSSR count). The second-order valence-corrected chi connectivity index (χ2v) is 4.53. The van der Waals surface area contributed by atoms with Crippen molar-refractivity contribution in [2.45, 2.75) is 19.8 Å². The number of fused-ring (bicyclic) bond motifs is 1. The maximum absolute atomic E-state index is 9.19. The lowest BCUT2D eigenvalue weighted by Crippen LogP contribution is -2.03. The van der Waals surface area contributed by atoms with Crippen molar-refractivity contribution in [1.82, 2.24) is 0 Å². The van der Waals surface area contributed by atoms with Gasteiger partial charge in [-0.25, -0.2) is 0 Å². The van der Waals surface area contributed by atoms with Crippen molar-refractivity contribution in [3.63, 3.8) is 0 Å². The van der Waals surface area contributed by atoms with Crippen LogP contribution >= 0.6 is 15.9 Å².